The number of hydrogen-bond donors (Lipinski definition) is 1. The number of carbonyl (C=O) groups is 2. The van der Waals surface area contributed by atoms with Gasteiger partial charge in [0.15, 0.2) is 0 Å². The smallest absolute Gasteiger partial charge is 0.243 e. The highest BCUT2D eigenvalue weighted by Gasteiger charge is 2.30. The highest BCUT2D eigenvalue weighted by Crippen LogP contribution is 2.21. The quantitative estimate of drug-likeness (QED) is 0.519. The average molecular weight is 453 g/mol. The summed E-state index contributed by atoms with van der Waals surface area (Å²) in [4.78, 5) is 28.4. The molecule has 5 heteroatoms. The predicted molar refractivity (Wildman–Crippen MR) is 133 cm³/mol. The number of nitrogens with zero attached hydrogens (tertiary/aromatic N) is 1. The molecule has 1 saturated carbocycles. The lowest BCUT2D eigenvalue weighted by Crippen LogP contribution is -2.52. The second-order valence-electron chi connectivity index (χ2n) is 8.69. The van der Waals surface area contributed by atoms with Crippen LogP contribution in [0.3, 0.4) is 0 Å². The lowest BCUT2D eigenvalue weighted by Gasteiger charge is -2.33. The van der Waals surface area contributed by atoms with Gasteiger partial charge in [-0.05, 0) is 42.9 Å². The third kappa shape index (κ3) is 7.13. The first-order chi connectivity index (χ1) is 15.6. The largest absolute Gasteiger partial charge is 0.352 e. The monoisotopic (exact) mass is 452 g/mol. The zero-order valence-corrected chi connectivity index (χ0v) is 20.2. The summed E-state index contributed by atoms with van der Waals surface area (Å²) in [5.41, 5.74) is 3.44. The lowest BCUT2D eigenvalue weighted by molar-refractivity contribution is -0.139. The topological polar surface area (TPSA) is 49.4 Å². The van der Waals surface area contributed by atoms with E-state index in [9.17, 15) is 9.59 Å². The Labute approximate surface area is 197 Å². The van der Waals surface area contributed by atoms with E-state index in [1.165, 1.54) is 24.8 Å². The van der Waals surface area contributed by atoms with Gasteiger partial charge in [0.05, 0.1) is 5.75 Å². The van der Waals surface area contributed by atoms with Crippen molar-refractivity contribution in [3.63, 3.8) is 0 Å². The van der Waals surface area contributed by atoms with Crippen molar-refractivity contribution in [1.82, 2.24) is 10.2 Å². The first-order valence-electron chi connectivity index (χ1n) is 11.8. The van der Waals surface area contributed by atoms with Crippen LogP contribution in [0.15, 0.2) is 54.6 Å². The summed E-state index contributed by atoms with van der Waals surface area (Å²) in [5, 5.41) is 3.25. The highest BCUT2D eigenvalue weighted by atomic mass is 32.2. The first kappa shape index (κ1) is 24.4. The van der Waals surface area contributed by atoms with Crippen molar-refractivity contribution >= 4 is 23.6 Å². The van der Waals surface area contributed by atoms with E-state index in [0.717, 1.165) is 29.7 Å². The van der Waals surface area contributed by atoms with Gasteiger partial charge in [-0.1, -0.05) is 80.8 Å². The molecule has 32 heavy (non-hydrogen) atoms. The van der Waals surface area contributed by atoms with Crippen molar-refractivity contribution < 1.29 is 9.59 Å². The van der Waals surface area contributed by atoms with Crippen LogP contribution in [0.2, 0.25) is 0 Å². The predicted octanol–water partition coefficient (Wildman–Crippen LogP) is 5.48. The van der Waals surface area contributed by atoms with E-state index in [1.807, 2.05) is 37.3 Å². The zero-order chi connectivity index (χ0) is 22.8. The molecular weight excluding hydrogens is 416 g/mol. The van der Waals surface area contributed by atoms with Gasteiger partial charge in [-0.2, -0.15) is 0 Å². The fraction of sp³-hybridized carbons (Fsp3) is 0.481. The number of hydrogen-bond acceptors (Lipinski definition) is 3. The molecule has 0 heterocycles. The molecule has 172 valence electrons. The van der Waals surface area contributed by atoms with E-state index in [0.29, 0.717) is 18.7 Å². The Balaban J connectivity index is 1.71. The summed E-state index contributed by atoms with van der Waals surface area (Å²) in [7, 11) is 0. The van der Waals surface area contributed by atoms with Crippen LogP contribution in [0, 0.1) is 6.92 Å². The van der Waals surface area contributed by atoms with Gasteiger partial charge in [0, 0.05) is 18.3 Å². The van der Waals surface area contributed by atoms with Crippen molar-refractivity contribution in [2.45, 2.75) is 76.8 Å². The molecule has 1 fully saturated rings. The molecule has 0 aliphatic heterocycles. The maximum atomic E-state index is 13.4. The van der Waals surface area contributed by atoms with Crippen LogP contribution in [0.5, 0.6) is 0 Å². The number of benzene rings is 2. The van der Waals surface area contributed by atoms with Gasteiger partial charge < -0.3 is 10.2 Å². The maximum absolute atomic E-state index is 13.4. The fourth-order valence-corrected chi connectivity index (χ4v) is 5.22. The molecule has 2 aromatic rings. The van der Waals surface area contributed by atoms with Crippen LogP contribution in [0.25, 0.3) is 0 Å². The number of aryl methyl sites for hydroxylation is 1. The molecule has 0 spiro atoms. The molecule has 1 atom stereocenters. The number of amides is 2. The minimum Gasteiger partial charge on any atom is -0.352 e. The van der Waals surface area contributed by atoms with Gasteiger partial charge in [-0.25, -0.2) is 0 Å². The molecule has 3 rings (SSSR count). The Kier molecular flexibility index (Phi) is 9.66. The molecule has 0 radical (unpaired) electrons. The summed E-state index contributed by atoms with van der Waals surface area (Å²) in [5.74, 6) is 1.18. The van der Waals surface area contributed by atoms with Gasteiger partial charge in [0.2, 0.25) is 11.8 Å². The molecule has 0 unspecified atom stereocenters. The van der Waals surface area contributed by atoms with E-state index in [2.05, 4.69) is 36.5 Å². The Bertz CT molecular complexity index is 865. The number of carbonyl (C=O) groups excluding carboxylic acids is 2. The van der Waals surface area contributed by atoms with E-state index in [-0.39, 0.29) is 17.9 Å². The van der Waals surface area contributed by atoms with Crippen LogP contribution >= 0.6 is 11.8 Å². The third-order valence-corrected chi connectivity index (χ3v) is 7.27. The van der Waals surface area contributed by atoms with Crippen molar-refractivity contribution in [3.8, 4) is 0 Å². The molecule has 1 aliphatic carbocycles. The Hall–Kier alpha value is -2.27. The van der Waals surface area contributed by atoms with Crippen LogP contribution in [0.4, 0.5) is 0 Å². The van der Waals surface area contributed by atoms with Gasteiger partial charge in [0.1, 0.15) is 6.04 Å². The minimum absolute atomic E-state index is 0.00519. The number of nitrogens with one attached hydrogen (secondary N) is 1. The summed E-state index contributed by atoms with van der Waals surface area (Å²) in [6.07, 6.45) is 6.29. The first-order valence-corrected chi connectivity index (χ1v) is 13.0. The van der Waals surface area contributed by atoms with Gasteiger partial charge in [0.25, 0.3) is 0 Å². The lowest BCUT2D eigenvalue weighted by atomic mass is 9.95. The molecule has 1 aliphatic rings. The Morgan fingerprint density at radius 1 is 1.03 bits per heavy atom. The number of rotatable bonds is 10. The van der Waals surface area contributed by atoms with Crippen LogP contribution < -0.4 is 5.32 Å². The maximum Gasteiger partial charge on any atom is 0.243 e. The van der Waals surface area contributed by atoms with Gasteiger partial charge in [-0.15, -0.1) is 11.8 Å². The Morgan fingerprint density at radius 2 is 1.72 bits per heavy atom. The number of thioether (sulfide) groups is 1. The second-order valence-corrected chi connectivity index (χ2v) is 9.68. The highest BCUT2D eigenvalue weighted by molar-refractivity contribution is 7.99. The van der Waals surface area contributed by atoms with Crippen molar-refractivity contribution in [2.24, 2.45) is 0 Å². The summed E-state index contributed by atoms with van der Waals surface area (Å²) >= 11 is 1.61. The van der Waals surface area contributed by atoms with Crippen LogP contribution in [-0.4, -0.2) is 34.6 Å². The minimum atomic E-state index is -0.443. The second kappa shape index (κ2) is 12.7. The molecule has 0 bridgehead atoms. The Morgan fingerprint density at radius 3 is 2.41 bits per heavy atom. The SMILES string of the molecule is CC[C@@H](C(=O)NC1CCCCC1)N(Cc1ccccc1C)C(=O)CSCc1ccccc1. The normalized spacial score (nSPS) is 15.2. The molecule has 2 aromatic carbocycles. The van der Waals surface area contributed by atoms with Gasteiger partial charge in [-0.3, -0.25) is 9.59 Å². The standard InChI is InChI=1S/C27H36N2O2S/c1-3-25(27(31)28-24-16-8-5-9-17-24)29(18-23-15-11-10-12-21(23)2)26(30)20-32-19-22-13-6-4-7-14-22/h4,6-7,10-15,24-25H,3,5,8-9,16-20H2,1-2H3,(H,28,31)/t25-/m0/s1. The molecule has 4 nitrogen and oxygen atoms in total. The van der Waals surface area contributed by atoms with E-state index >= 15 is 0 Å². The zero-order valence-electron chi connectivity index (χ0n) is 19.4. The van der Waals surface area contributed by atoms with Gasteiger partial charge >= 0.3 is 0 Å². The fourth-order valence-electron chi connectivity index (χ4n) is 4.35. The molecule has 1 N–H and O–H groups in total. The van der Waals surface area contributed by atoms with Crippen molar-refractivity contribution in [2.75, 3.05) is 5.75 Å². The van der Waals surface area contributed by atoms with Crippen molar-refractivity contribution in [1.29, 1.82) is 0 Å². The molecule has 0 aromatic heterocycles. The van der Waals surface area contributed by atoms with E-state index < -0.39 is 6.04 Å². The molecule has 2 amide bonds. The summed E-state index contributed by atoms with van der Waals surface area (Å²) in [6, 6.07) is 18.1. The average Bonchev–Trinajstić information content (AvgIpc) is 2.81. The molecule has 0 saturated heterocycles. The molecular formula is C27H36N2O2S. The van der Waals surface area contributed by atoms with E-state index in [1.54, 1.807) is 16.7 Å². The van der Waals surface area contributed by atoms with Crippen LogP contribution in [-0.2, 0) is 21.9 Å². The van der Waals surface area contributed by atoms with E-state index in [4.69, 9.17) is 0 Å². The third-order valence-electron chi connectivity index (χ3n) is 6.28. The summed E-state index contributed by atoms with van der Waals surface area (Å²) < 4.78 is 0. The summed E-state index contributed by atoms with van der Waals surface area (Å²) in [6.45, 7) is 4.53. The van der Waals surface area contributed by atoms with Crippen molar-refractivity contribution in [3.05, 3.63) is 71.3 Å². The van der Waals surface area contributed by atoms with Crippen LogP contribution in [0.1, 0.15) is 62.1 Å².